The minimum Gasteiger partial charge on any atom is -0.513 e. The first kappa shape index (κ1) is 13.8. The van der Waals surface area contributed by atoms with Crippen LogP contribution in [-0.2, 0) is 0 Å². The van der Waals surface area contributed by atoms with Gasteiger partial charge in [0.25, 0.3) is 0 Å². The molecule has 0 unspecified atom stereocenters. The fourth-order valence-corrected chi connectivity index (χ4v) is 1.14. The third kappa shape index (κ3) is 9.07. The van der Waals surface area contributed by atoms with Gasteiger partial charge >= 0.3 is 0 Å². The molecule has 0 amide bonds. The lowest BCUT2D eigenvalue weighted by atomic mass is 10.1. The highest BCUT2D eigenvalue weighted by molar-refractivity contribution is 5.11. The molecule has 0 aliphatic carbocycles. The van der Waals surface area contributed by atoms with Gasteiger partial charge in [0.1, 0.15) is 0 Å². The van der Waals surface area contributed by atoms with Crippen LogP contribution in [0, 0.1) is 0 Å². The van der Waals surface area contributed by atoms with E-state index >= 15 is 0 Å². The molecule has 0 aromatic heterocycles. The van der Waals surface area contributed by atoms with E-state index in [0.29, 0.717) is 5.76 Å². The molecule has 0 fully saturated rings. The summed E-state index contributed by atoms with van der Waals surface area (Å²) in [5.74, 6) is 0.476. The number of hydrogen-bond donors (Lipinski definition) is 1. The van der Waals surface area contributed by atoms with Crippen LogP contribution in [0.1, 0.15) is 39.5 Å². The van der Waals surface area contributed by atoms with Crippen LogP contribution >= 0.6 is 0 Å². The highest BCUT2D eigenvalue weighted by Crippen LogP contribution is 2.09. The van der Waals surface area contributed by atoms with Gasteiger partial charge < -0.3 is 5.11 Å². The number of aliphatic hydroxyl groups is 1. The van der Waals surface area contributed by atoms with E-state index in [-0.39, 0.29) is 0 Å². The Kier molecular flexibility index (Phi) is 7.43. The first-order valence-corrected chi connectivity index (χ1v) is 5.38. The van der Waals surface area contributed by atoms with Crippen LogP contribution in [0.15, 0.2) is 48.3 Å². The molecule has 84 valence electrons. The fourth-order valence-electron chi connectivity index (χ4n) is 1.14. The SMILES string of the molecule is C=CC(=C)CC/C=C(\O)CCC=C(C)C. The van der Waals surface area contributed by atoms with Gasteiger partial charge in [0.05, 0.1) is 5.76 Å². The Morgan fingerprint density at radius 1 is 1.13 bits per heavy atom. The zero-order valence-corrected chi connectivity index (χ0v) is 9.92. The summed E-state index contributed by atoms with van der Waals surface area (Å²) in [4.78, 5) is 0. The van der Waals surface area contributed by atoms with E-state index in [9.17, 15) is 5.11 Å². The van der Waals surface area contributed by atoms with Crippen LogP contribution in [0.4, 0.5) is 0 Å². The first-order valence-electron chi connectivity index (χ1n) is 5.38. The lowest BCUT2D eigenvalue weighted by molar-refractivity contribution is 0.386. The predicted octanol–water partition coefficient (Wildman–Crippen LogP) is 4.70. The number of rotatable bonds is 7. The Morgan fingerprint density at radius 2 is 1.73 bits per heavy atom. The third-order valence-corrected chi connectivity index (χ3v) is 2.09. The van der Waals surface area contributed by atoms with Gasteiger partial charge in [-0.3, -0.25) is 0 Å². The molecular formula is C14H22O. The van der Waals surface area contributed by atoms with E-state index < -0.39 is 0 Å². The summed E-state index contributed by atoms with van der Waals surface area (Å²) in [5.41, 5.74) is 2.31. The van der Waals surface area contributed by atoms with Crippen molar-refractivity contribution in [3.63, 3.8) is 0 Å². The van der Waals surface area contributed by atoms with E-state index in [1.54, 1.807) is 6.08 Å². The van der Waals surface area contributed by atoms with Gasteiger partial charge in [-0.05, 0) is 39.2 Å². The van der Waals surface area contributed by atoms with Crippen molar-refractivity contribution in [2.45, 2.75) is 39.5 Å². The number of aliphatic hydroxyl groups excluding tert-OH is 1. The summed E-state index contributed by atoms with van der Waals surface area (Å²) in [6.45, 7) is 11.6. The van der Waals surface area contributed by atoms with Crippen molar-refractivity contribution in [3.8, 4) is 0 Å². The lowest BCUT2D eigenvalue weighted by Crippen LogP contribution is -1.82. The van der Waals surface area contributed by atoms with Crippen LogP contribution < -0.4 is 0 Å². The Labute approximate surface area is 93.5 Å². The molecule has 1 heteroatoms. The summed E-state index contributed by atoms with van der Waals surface area (Å²) < 4.78 is 0. The Balaban J connectivity index is 3.74. The molecule has 1 N–H and O–H groups in total. The molecule has 0 heterocycles. The van der Waals surface area contributed by atoms with Crippen molar-refractivity contribution in [2.75, 3.05) is 0 Å². The fraction of sp³-hybridized carbons (Fsp3) is 0.429. The molecule has 0 saturated carbocycles. The molecule has 15 heavy (non-hydrogen) atoms. The minimum atomic E-state index is 0.476. The number of hydrogen-bond acceptors (Lipinski definition) is 1. The minimum absolute atomic E-state index is 0.476. The quantitative estimate of drug-likeness (QED) is 0.364. The van der Waals surface area contributed by atoms with E-state index in [1.165, 1.54) is 5.57 Å². The van der Waals surface area contributed by atoms with Gasteiger partial charge in [0.2, 0.25) is 0 Å². The summed E-state index contributed by atoms with van der Waals surface area (Å²) in [7, 11) is 0. The lowest BCUT2D eigenvalue weighted by Gasteiger charge is -1.99. The molecule has 1 nitrogen and oxygen atoms in total. The van der Waals surface area contributed by atoms with Crippen molar-refractivity contribution in [3.05, 3.63) is 48.3 Å². The molecule has 0 rings (SSSR count). The summed E-state index contributed by atoms with van der Waals surface area (Å²) >= 11 is 0. The van der Waals surface area contributed by atoms with Crippen LogP contribution in [0.5, 0.6) is 0 Å². The largest absolute Gasteiger partial charge is 0.513 e. The zero-order valence-electron chi connectivity index (χ0n) is 9.92. The van der Waals surface area contributed by atoms with Gasteiger partial charge in [0.15, 0.2) is 0 Å². The summed E-state index contributed by atoms with van der Waals surface area (Å²) in [5, 5.41) is 9.52. The monoisotopic (exact) mass is 206 g/mol. The molecule has 0 aromatic rings. The van der Waals surface area contributed by atoms with Crippen molar-refractivity contribution in [1.82, 2.24) is 0 Å². The van der Waals surface area contributed by atoms with Crippen LogP contribution in [-0.4, -0.2) is 5.11 Å². The van der Waals surface area contributed by atoms with Gasteiger partial charge in [0, 0.05) is 6.42 Å². The molecule has 0 aromatic carbocycles. The maximum absolute atomic E-state index is 9.52. The molecule has 0 radical (unpaired) electrons. The molecule has 0 aliphatic rings. The standard InChI is InChI=1S/C14H22O/c1-5-13(4)9-7-11-14(15)10-6-8-12(2)3/h5,8,11,15H,1,4,6-7,9-10H2,2-3H3/b14-11-. The van der Waals surface area contributed by atoms with Gasteiger partial charge in [-0.2, -0.15) is 0 Å². The van der Waals surface area contributed by atoms with E-state index in [1.807, 2.05) is 6.08 Å². The predicted molar refractivity (Wildman–Crippen MR) is 67.9 cm³/mol. The molecule has 0 aliphatic heterocycles. The molecule has 0 saturated heterocycles. The first-order chi connectivity index (χ1) is 7.06. The Hall–Kier alpha value is -1.24. The normalized spacial score (nSPS) is 10.9. The average Bonchev–Trinajstić information content (AvgIpc) is 2.17. The van der Waals surface area contributed by atoms with E-state index in [2.05, 4.69) is 33.1 Å². The van der Waals surface area contributed by atoms with Gasteiger partial charge in [-0.15, -0.1) is 0 Å². The van der Waals surface area contributed by atoms with E-state index in [0.717, 1.165) is 31.3 Å². The average molecular weight is 206 g/mol. The van der Waals surface area contributed by atoms with Gasteiger partial charge in [-0.25, -0.2) is 0 Å². The van der Waals surface area contributed by atoms with Crippen LogP contribution in [0.25, 0.3) is 0 Å². The highest BCUT2D eigenvalue weighted by atomic mass is 16.3. The smallest absolute Gasteiger partial charge is 0.0886 e. The van der Waals surface area contributed by atoms with Crippen molar-refractivity contribution < 1.29 is 5.11 Å². The second-order valence-corrected chi connectivity index (χ2v) is 3.92. The van der Waals surface area contributed by atoms with E-state index in [4.69, 9.17) is 0 Å². The zero-order chi connectivity index (χ0) is 11.7. The maximum Gasteiger partial charge on any atom is 0.0886 e. The maximum atomic E-state index is 9.52. The highest BCUT2D eigenvalue weighted by Gasteiger charge is 1.92. The molecule has 0 atom stereocenters. The summed E-state index contributed by atoms with van der Waals surface area (Å²) in [6, 6.07) is 0. The molecular weight excluding hydrogens is 184 g/mol. The third-order valence-electron chi connectivity index (χ3n) is 2.09. The van der Waals surface area contributed by atoms with Gasteiger partial charge in [-0.1, -0.05) is 36.5 Å². The summed E-state index contributed by atoms with van der Waals surface area (Å²) in [6.07, 6.45) is 9.11. The van der Waals surface area contributed by atoms with Crippen LogP contribution in [0.2, 0.25) is 0 Å². The van der Waals surface area contributed by atoms with Crippen molar-refractivity contribution >= 4 is 0 Å². The van der Waals surface area contributed by atoms with Crippen molar-refractivity contribution in [1.29, 1.82) is 0 Å². The Bertz CT molecular complexity index is 265. The molecule has 0 spiro atoms. The van der Waals surface area contributed by atoms with Crippen LogP contribution in [0.3, 0.4) is 0 Å². The molecule has 0 bridgehead atoms. The number of allylic oxidation sites excluding steroid dienone is 6. The second kappa shape index (κ2) is 8.10. The van der Waals surface area contributed by atoms with Crippen molar-refractivity contribution in [2.24, 2.45) is 0 Å². The Morgan fingerprint density at radius 3 is 2.27 bits per heavy atom. The topological polar surface area (TPSA) is 20.2 Å². The second-order valence-electron chi connectivity index (χ2n) is 3.92.